The molecule has 2 aliphatic heterocycles. The van der Waals surface area contributed by atoms with Crippen LogP contribution in [0.1, 0.15) is 11.8 Å². The molecule has 9 nitrogen and oxygen atoms in total. The Balaban J connectivity index is 0.00000280. The molecule has 1 saturated heterocycles. The van der Waals surface area contributed by atoms with Gasteiger partial charge in [-0.15, -0.1) is 23.1 Å². The Hall–Kier alpha value is -1.53. The number of ether oxygens (including phenoxy) is 1. The van der Waals surface area contributed by atoms with Gasteiger partial charge in [-0.05, 0) is 24.3 Å². The number of hydrogen-bond donors (Lipinski definition) is 2. The van der Waals surface area contributed by atoms with Crippen molar-refractivity contribution in [1.29, 1.82) is 0 Å². The molecule has 1 aromatic rings. The molecule has 144 valence electrons. The van der Waals surface area contributed by atoms with Gasteiger partial charge >= 0.3 is 41.6 Å². The molecule has 2 amide bonds. The van der Waals surface area contributed by atoms with Gasteiger partial charge < -0.3 is 20.7 Å². The van der Waals surface area contributed by atoms with Crippen LogP contribution in [-0.2, 0) is 20.7 Å². The van der Waals surface area contributed by atoms with Gasteiger partial charge in [0.2, 0.25) is 0 Å². The number of carbonyl (C=O) groups excluding carboxylic acids is 2. The second-order valence-corrected chi connectivity index (χ2v) is 8.21. The molecular weight excluding hydrogens is 417 g/mol. The molecule has 0 saturated carbocycles. The van der Waals surface area contributed by atoms with Crippen molar-refractivity contribution in [2.45, 2.75) is 24.3 Å². The predicted octanol–water partition coefficient (Wildman–Crippen LogP) is -2.84. The van der Waals surface area contributed by atoms with Crippen molar-refractivity contribution < 1.29 is 58.9 Å². The van der Waals surface area contributed by atoms with Crippen LogP contribution in [0.5, 0.6) is 0 Å². The van der Waals surface area contributed by atoms with Crippen LogP contribution in [0.2, 0.25) is 0 Å². The first kappa shape index (κ1) is 22.8. The topological polar surface area (TPSA) is 145 Å². The van der Waals surface area contributed by atoms with E-state index in [0.29, 0.717) is 0 Å². The minimum atomic E-state index is -1.32. The van der Waals surface area contributed by atoms with Crippen LogP contribution < -0.4 is 40.4 Å². The second-order valence-electron chi connectivity index (χ2n) is 6.11. The molecule has 0 aromatic carbocycles. The number of carboxylic acid groups (broad SMARTS) is 1. The van der Waals surface area contributed by atoms with E-state index in [9.17, 15) is 24.6 Å². The van der Waals surface area contributed by atoms with E-state index in [4.69, 9.17) is 5.73 Å². The van der Waals surface area contributed by atoms with E-state index in [1.54, 1.807) is 6.07 Å². The molecule has 3 heterocycles. The Kier molecular flexibility index (Phi) is 7.21. The summed E-state index contributed by atoms with van der Waals surface area (Å²) in [6, 6.07) is 3.63. The number of thioether (sulfide) groups is 1. The Labute approximate surface area is 190 Å². The maximum absolute atomic E-state index is 12.7. The summed E-state index contributed by atoms with van der Waals surface area (Å²) in [6.45, 7) is 1.21. The zero-order valence-electron chi connectivity index (χ0n) is 15.2. The molecule has 12 heteroatoms. The van der Waals surface area contributed by atoms with Gasteiger partial charge in [0.1, 0.15) is 17.7 Å². The van der Waals surface area contributed by atoms with Crippen LogP contribution in [-0.4, -0.2) is 57.1 Å². The number of thiophene rings is 1. The van der Waals surface area contributed by atoms with Gasteiger partial charge in [-0.1, -0.05) is 6.07 Å². The van der Waals surface area contributed by atoms with E-state index < -0.39 is 34.8 Å². The van der Waals surface area contributed by atoms with Gasteiger partial charge in [-0.3, -0.25) is 14.7 Å². The fourth-order valence-corrected chi connectivity index (χ4v) is 5.10. The van der Waals surface area contributed by atoms with E-state index in [1.165, 1.54) is 30.0 Å². The van der Waals surface area contributed by atoms with Gasteiger partial charge in [-0.2, -0.15) is 0 Å². The maximum atomic E-state index is 12.7. The smallest absolute Gasteiger partial charge is 0.862 e. The number of rotatable bonds is 6. The summed E-state index contributed by atoms with van der Waals surface area (Å²) in [5, 5.41) is 23.0. The van der Waals surface area contributed by atoms with Crippen molar-refractivity contribution >= 4 is 47.0 Å². The molecule has 0 spiro atoms. The standard InChI is InChI=1S/C16H17N3O6S2.Na/c1-16(18-10(20)5-9-3-2-4-26-9)13(23)19-11(12(21)22)8(6-25-15(17)24)7-27-14(16)19;/h2-4,14H,5-7H2,1H3,(H2,17,24)(H,18,20)(H,21,22);/q;+1/p-1/t14-,16-;/m1./s1. The molecule has 3 rings (SSSR count). The SMILES string of the molecule is C[C@@]1(N=C([O-])Cc2cccs2)C(=O)N2C(C(=O)O)=C(COC(N)=O)CS[C@@H]21.[Na+]. The Bertz CT molecular complexity index is 857. The van der Waals surface area contributed by atoms with Gasteiger partial charge in [0, 0.05) is 22.6 Å². The van der Waals surface area contributed by atoms with Gasteiger partial charge in [0.15, 0.2) is 5.54 Å². The molecule has 0 radical (unpaired) electrons. The third-order valence-electron chi connectivity index (χ3n) is 4.21. The van der Waals surface area contributed by atoms with Gasteiger partial charge in [0.05, 0.1) is 0 Å². The van der Waals surface area contributed by atoms with Crippen molar-refractivity contribution in [2.75, 3.05) is 12.4 Å². The molecule has 0 unspecified atom stereocenters. The van der Waals surface area contributed by atoms with Crippen molar-refractivity contribution in [1.82, 2.24) is 4.90 Å². The molecule has 2 aliphatic rings. The fraction of sp³-hybridized carbons (Fsp3) is 0.375. The molecule has 3 N–H and O–H groups in total. The van der Waals surface area contributed by atoms with Crippen molar-refractivity contribution in [2.24, 2.45) is 10.7 Å². The van der Waals surface area contributed by atoms with E-state index in [0.717, 1.165) is 9.78 Å². The van der Waals surface area contributed by atoms with Gasteiger partial charge in [0.25, 0.3) is 5.91 Å². The van der Waals surface area contributed by atoms with Crippen molar-refractivity contribution in [3.8, 4) is 0 Å². The molecular formula is C16H16N3NaO6S2. The number of aliphatic imine (C=N–C) groups is 1. The van der Waals surface area contributed by atoms with Crippen LogP contribution in [0.25, 0.3) is 0 Å². The number of nitrogens with zero attached hydrogens (tertiary/aromatic N) is 2. The third-order valence-corrected chi connectivity index (χ3v) is 6.59. The summed E-state index contributed by atoms with van der Waals surface area (Å²) in [5.41, 5.74) is 3.61. The number of carbonyl (C=O) groups is 3. The fourth-order valence-electron chi connectivity index (χ4n) is 3.00. The number of β-lactam (4-membered cyclic amide) rings is 1. The molecule has 2 atom stereocenters. The summed E-state index contributed by atoms with van der Waals surface area (Å²) in [4.78, 5) is 41.2. The predicted molar refractivity (Wildman–Crippen MR) is 97.2 cm³/mol. The van der Waals surface area contributed by atoms with Crippen LogP contribution in [0.15, 0.2) is 33.8 Å². The van der Waals surface area contributed by atoms with Crippen LogP contribution in [0.3, 0.4) is 0 Å². The van der Waals surface area contributed by atoms with Crippen molar-refractivity contribution in [3.05, 3.63) is 33.7 Å². The maximum Gasteiger partial charge on any atom is 1.00 e. The normalized spacial score (nSPS) is 24.2. The summed E-state index contributed by atoms with van der Waals surface area (Å²) in [6.07, 6.45) is -0.939. The summed E-state index contributed by atoms with van der Waals surface area (Å²) in [5.74, 6) is -2.11. The Morgan fingerprint density at radius 2 is 2.25 bits per heavy atom. The molecule has 1 fully saturated rings. The quantitative estimate of drug-likeness (QED) is 0.213. The molecule has 28 heavy (non-hydrogen) atoms. The van der Waals surface area contributed by atoms with Crippen LogP contribution in [0, 0.1) is 0 Å². The molecule has 1 aromatic heterocycles. The summed E-state index contributed by atoms with van der Waals surface area (Å²) >= 11 is 2.68. The molecule has 0 aliphatic carbocycles. The number of carboxylic acids is 1. The average molecular weight is 433 g/mol. The largest absolute Gasteiger partial charge is 1.00 e. The first-order chi connectivity index (χ1) is 12.7. The van der Waals surface area contributed by atoms with E-state index >= 15 is 0 Å². The van der Waals surface area contributed by atoms with E-state index in [-0.39, 0.29) is 59.6 Å². The minimum Gasteiger partial charge on any atom is -0.862 e. The second kappa shape index (κ2) is 8.87. The zero-order chi connectivity index (χ0) is 19.8. The first-order valence-corrected chi connectivity index (χ1v) is 9.78. The van der Waals surface area contributed by atoms with E-state index in [2.05, 4.69) is 9.73 Å². The number of aliphatic carboxylic acids is 1. The summed E-state index contributed by atoms with van der Waals surface area (Å²) < 4.78 is 4.67. The van der Waals surface area contributed by atoms with E-state index in [1.807, 2.05) is 11.4 Å². The number of nitrogens with two attached hydrogens (primary N) is 1. The minimum absolute atomic E-state index is 0. The number of fused-ring (bicyclic) bond motifs is 1. The summed E-state index contributed by atoms with van der Waals surface area (Å²) in [7, 11) is 0. The third kappa shape index (κ3) is 4.23. The number of amides is 2. The average Bonchev–Trinajstić information content (AvgIpc) is 3.11. The molecule has 0 bridgehead atoms. The Morgan fingerprint density at radius 1 is 1.54 bits per heavy atom. The van der Waals surface area contributed by atoms with Crippen LogP contribution in [0.4, 0.5) is 4.79 Å². The number of primary amides is 1. The zero-order valence-corrected chi connectivity index (χ0v) is 18.8. The Morgan fingerprint density at radius 3 is 2.82 bits per heavy atom. The number of hydrogen-bond acceptors (Lipinski definition) is 8. The van der Waals surface area contributed by atoms with Gasteiger partial charge in [-0.25, -0.2) is 9.59 Å². The monoisotopic (exact) mass is 433 g/mol. The first-order valence-electron chi connectivity index (χ1n) is 7.85. The van der Waals surface area contributed by atoms with Crippen molar-refractivity contribution in [3.63, 3.8) is 0 Å². The van der Waals surface area contributed by atoms with Crippen LogP contribution >= 0.6 is 23.1 Å².